The highest BCUT2D eigenvalue weighted by atomic mass is 32.2. The van der Waals surface area contributed by atoms with Crippen LogP contribution in [0.5, 0.6) is 0 Å². The predicted octanol–water partition coefficient (Wildman–Crippen LogP) is 3.45. The summed E-state index contributed by atoms with van der Waals surface area (Å²) in [5.41, 5.74) is 4.35. The number of H-pyrrole nitrogens is 1. The maximum absolute atomic E-state index is 12.6. The zero-order chi connectivity index (χ0) is 22.5. The molecule has 0 saturated carbocycles. The van der Waals surface area contributed by atoms with Crippen LogP contribution in [-0.2, 0) is 9.59 Å². The molecule has 3 aromatic rings. The third-order valence-corrected chi connectivity index (χ3v) is 5.28. The van der Waals surface area contributed by atoms with Gasteiger partial charge in [0.15, 0.2) is 10.9 Å². The second-order valence-corrected chi connectivity index (χ2v) is 8.16. The fourth-order valence-electron chi connectivity index (χ4n) is 2.99. The Kier molecular flexibility index (Phi) is 6.86. The Labute approximate surface area is 183 Å². The number of nitrogens with one attached hydrogen (secondary N) is 3. The zero-order valence-corrected chi connectivity index (χ0v) is 18.5. The van der Waals surface area contributed by atoms with E-state index in [4.69, 9.17) is 0 Å². The average Bonchev–Trinajstić information content (AvgIpc) is 2.70. The number of aromatic nitrogens is 3. The van der Waals surface area contributed by atoms with Crippen LogP contribution in [0.3, 0.4) is 0 Å². The van der Waals surface area contributed by atoms with Gasteiger partial charge in [0.1, 0.15) is 0 Å². The molecule has 1 aromatic heterocycles. The Bertz CT molecular complexity index is 1210. The molecular formula is C22H23N5O3S. The van der Waals surface area contributed by atoms with E-state index in [1.165, 1.54) is 6.92 Å². The van der Waals surface area contributed by atoms with Crippen LogP contribution in [0, 0.1) is 20.8 Å². The summed E-state index contributed by atoms with van der Waals surface area (Å²) >= 11 is 1.08. The third-order valence-electron chi connectivity index (χ3n) is 4.41. The summed E-state index contributed by atoms with van der Waals surface area (Å²) in [7, 11) is 0. The van der Waals surface area contributed by atoms with E-state index in [0.29, 0.717) is 11.3 Å². The van der Waals surface area contributed by atoms with Crippen LogP contribution in [0.25, 0.3) is 11.3 Å². The van der Waals surface area contributed by atoms with E-state index < -0.39 is 5.56 Å². The molecule has 0 saturated heterocycles. The summed E-state index contributed by atoms with van der Waals surface area (Å²) in [6.07, 6.45) is 0. The smallest absolute Gasteiger partial charge is 0.278 e. The van der Waals surface area contributed by atoms with Gasteiger partial charge in [-0.3, -0.25) is 19.4 Å². The van der Waals surface area contributed by atoms with E-state index in [1.54, 1.807) is 12.1 Å². The zero-order valence-electron chi connectivity index (χ0n) is 17.7. The molecule has 0 atom stereocenters. The van der Waals surface area contributed by atoms with Crippen LogP contribution in [0.1, 0.15) is 23.6 Å². The van der Waals surface area contributed by atoms with Gasteiger partial charge in [-0.05, 0) is 44.5 Å². The molecule has 0 aliphatic heterocycles. The molecule has 1 heterocycles. The number of rotatable bonds is 6. The maximum atomic E-state index is 12.6. The number of aryl methyl sites for hydroxylation is 3. The van der Waals surface area contributed by atoms with E-state index in [2.05, 4.69) is 25.8 Å². The predicted molar refractivity (Wildman–Crippen MR) is 122 cm³/mol. The second-order valence-electron chi connectivity index (χ2n) is 7.19. The van der Waals surface area contributed by atoms with Gasteiger partial charge in [-0.15, -0.1) is 10.2 Å². The fourth-order valence-corrected chi connectivity index (χ4v) is 3.59. The number of benzene rings is 2. The first-order valence-corrected chi connectivity index (χ1v) is 10.6. The van der Waals surface area contributed by atoms with Crippen molar-refractivity contribution in [3.05, 3.63) is 63.4 Å². The first-order valence-electron chi connectivity index (χ1n) is 9.58. The van der Waals surface area contributed by atoms with Gasteiger partial charge in [0.2, 0.25) is 11.8 Å². The van der Waals surface area contributed by atoms with Gasteiger partial charge >= 0.3 is 0 Å². The van der Waals surface area contributed by atoms with Crippen molar-refractivity contribution in [2.24, 2.45) is 0 Å². The first kappa shape index (κ1) is 22.2. The fraction of sp³-hybridized carbons (Fsp3) is 0.227. The van der Waals surface area contributed by atoms with E-state index in [-0.39, 0.29) is 28.4 Å². The molecule has 3 N–H and O–H groups in total. The number of carbonyl (C=O) groups is 2. The van der Waals surface area contributed by atoms with Gasteiger partial charge < -0.3 is 10.6 Å². The van der Waals surface area contributed by atoms with Crippen molar-refractivity contribution in [2.75, 3.05) is 16.4 Å². The molecule has 0 fully saturated rings. The van der Waals surface area contributed by atoms with Crippen molar-refractivity contribution in [3.8, 4) is 11.3 Å². The number of thioether (sulfide) groups is 1. The average molecular weight is 438 g/mol. The standard InChI is InChI=1S/C22H23N5O3S/c1-12-5-7-17(14(3)9-12)24-19(29)11-31-22-25-21(30)20(26-27-22)16-10-13(2)6-8-18(16)23-15(4)28/h5-10H,11H2,1-4H3,(H,23,28)(H,24,29)(H,25,27,30). The SMILES string of the molecule is CC(=O)Nc1ccc(C)cc1-c1nnc(SCC(=O)Nc2ccc(C)cc2C)[nH]c1=O. The van der Waals surface area contributed by atoms with E-state index in [9.17, 15) is 14.4 Å². The van der Waals surface area contributed by atoms with Crippen molar-refractivity contribution >= 4 is 35.0 Å². The quantitative estimate of drug-likeness (QED) is 0.509. The third kappa shape index (κ3) is 5.79. The Balaban J connectivity index is 1.73. The highest BCUT2D eigenvalue weighted by Crippen LogP contribution is 2.26. The minimum atomic E-state index is -0.454. The highest BCUT2D eigenvalue weighted by molar-refractivity contribution is 7.99. The highest BCUT2D eigenvalue weighted by Gasteiger charge is 2.14. The Morgan fingerprint density at radius 3 is 2.29 bits per heavy atom. The topological polar surface area (TPSA) is 117 Å². The molecule has 0 unspecified atom stereocenters. The van der Waals surface area contributed by atoms with E-state index in [1.807, 2.05) is 45.0 Å². The molecule has 0 aliphatic rings. The van der Waals surface area contributed by atoms with Crippen LogP contribution in [0.4, 0.5) is 11.4 Å². The lowest BCUT2D eigenvalue weighted by Gasteiger charge is -2.10. The molecule has 31 heavy (non-hydrogen) atoms. The summed E-state index contributed by atoms with van der Waals surface area (Å²) in [4.78, 5) is 39.0. The summed E-state index contributed by atoms with van der Waals surface area (Å²) in [6.45, 7) is 7.19. The van der Waals surface area contributed by atoms with Crippen molar-refractivity contribution in [2.45, 2.75) is 32.9 Å². The molecule has 160 valence electrons. The number of anilines is 2. The minimum absolute atomic E-state index is 0.0683. The van der Waals surface area contributed by atoms with Gasteiger partial charge in [-0.2, -0.15) is 0 Å². The van der Waals surface area contributed by atoms with Crippen LogP contribution < -0.4 is 16.2 Å². The lowest BCUT2D eigenvalue weighted by Crippen LogP contribution is -2.18. The van der Waals surface area contributed by atoms with Gasteiger partial charge in [0.05, 0.1) is 11.4 Å². The number of hydrogen-bond acceptors (Lipinski definition) is 6. The van der Waals surface area contributed by atoms with Crippen LogP contribution >= 0.6 is 11.8 Å². The van der Waals surface area contributed by atoms with Crippen molar-refractivity contribution in [3.63, 3.8) is 0 Å². The Morgan fingerprint density at radius 2 is 1.65 bits per heavy atom. The number of hydrogen-bond donors (Lipinski definition) is 3. The van der Waals surface area contributed by atoms with E-state index in [0.717, 1.165) is 34.1 Å². The Morgan fingerprint density at radius 1 is 0.968 bits per heavy atom. The number of amides is 2. The number of aromatic amines is 1. The van der Waals surface area contributed by atoms with E-state index >= 15 is 0 Å². The molecule has 2 amide bonds. The Hall–Kier alpha value is -3.46. The number of nitrogens with zero attached hydrogens (tertiary/aromatic N) is 2. The molecule has 0 radical (unpaired) electrons. The molecule has 2 aromatic carbocycles. The van der Waals surface area contributed by atoms with Crippen molar-refractivity contribution in [1.29, 1.82) is 0 Å². The molecule has 0 aliphatic carbocycles. The maximum Gasteiger partial charge on any atom is 0.278 e. The summed E-state index contributed by atoms with van der Waals surface area (Å²) < 4.78 is 0. The van der Waals surface area contributed by atoms with Gasteiger partial charge in [0.25, 0.3) is 5.56 Å². The molecule has 8 nitrogen and oxygen atoms in total. The van der Waals surface area contributed by atoms with Crippen LogP contribution in [0.2, 0.25) is 0 Å². The van der Waals surface area contributed by atoms with Gasteiger partial charge in [0, 0.05) is 18.2 Å². The minimum Gasteiger partial charge on any atom is -0.326 e. The molecular weight excluding hydrogens is 414 g/mol. The van der Waals surface area contributed by atoms with Crippen molar-refractivity contribution in [1.82, 2.24) is 15.2 Å². The van der Waals surface area contributed by atoms with Gasteiger partial charge in [-0.1, -0.05) is 41.1 Å². The summed E-state index contributed by atoms with van der Waals surface area (Å²) in [5.74, 6) is -0.398. The lowest BCUT2D eigenvalue weighted by molar-refractivity contribution is -0.114. The second kappa shape index (κ2) is 9.57. The van der Waals surface area contributed by atoms with Crippen LogP contribution in [-0.4, -0.2) is 32.7 Å². The lowest BCUT2D eigenvalue weighted by atomic mass is 10.1. The summed E-state index contributed by atoms with van der Waals surface area (Å²) in [5, 5.41) is 13.9. The normalized spacial score (nSPS) is 10.6. The molecule has 0 bridgehead atoms. The molecule has 3 rings (SSSR count). The monoisotopic (exact) mass is 437 g/mol. The number of carbonyl (C=O) groups excluding carboxylic acids is 2. The van der Waals surface area contributed by atoms with Gasteiger partial charge in [-0.25, -0.2) is 0 Å². The van der Waals surface area contributed by atoms with Crippen molar-refractivity contribution < 1.29 is 9.59 Å². The molecule has 9 heteroatoms. The van der Waals surface area contributed by atoms with Crippen LogP contribution in [0.15, 0.2) is 46.3 Å². The summed E-state index contributed by atoms with van der Waals surface area (Å²) in [6, 6.07) is 11.1. The molecule has 0 spiro atoms. The first-order chi connectivity index (χ1) is 14.7. The largest absolute Gasteiger partial charge is 0.326 e.